The van der Waals surface area contributed by atoms with Gasteiger partial charge in [-0.2, -0.15) is 0 Å². The topological polar surface area (TPSA) is 26.3 Å². The Labute approximate surface area is 96.6 Å². The number of hydrogen-bond donors (Lipinski definition) is 0. The molecule has 0 saturated carbocycles. The third-order valence-corrected chi connectivity index (χ3v) is 3.46. The molecule has 2 nitrogen and oxygen atoms in total. The van der Waals surface area contributed by atoms with E-state index in [9.17, 15) is 4.79 Å². The van der Waals surface area contributed by atoms with E-state index in [1.54, 1.807) is 7.11 Å². The van der Waals surface area contributed by atoms with Crippen LogP contribution in [0.5, 0.6) is 5.75 Å². The molecule has 0 amide bonds. The fourth-order valence-electron chi connectivity index (χ4n) is 2.56. The highest BCUT2D eigenvalue weighted by Crippen LogP contribution is 2.35. The van der Waals surface area contributed by atoms with E-state index in [0.29, 0.717) is 12.3 Å². The van der Waals surface area contributed by atoms with E-state index in [1.807, 2.05) is 0 Å². The molecule has 1 atom stereocenters. The van der Waals surface area contributed by atoms with Crippen molar-refractivity contribution in [2.45, 2.75) is 38.5 Å². The Morgan fingerprint density at radius 2 is 2.31 bits per heavy atom. The van der Waals surface area contributed by atoms with Crippen molar-refractivity contribution in [2.24, 2.45) is 0 Å². The first kappa shape index (κ1) is 11.2. The average molecular weight is 218 g/mol. The van der Waals surface area contributed by atoms with E-state index in [0.717, 1.165) is 24.0 Å². The normalized spacial score (nSPS) is 19.0. The Bertz CT molecular complexity index is 396. The van der Waals surface area contributed by atoms with Gasteiger partial charge < -0.3 is 9.53 Å². The summed E-state index contributed by atoms with van der Waals surface area (Å²) in [5.41, 5.74) is 3.82. The molecule has 0 radical (unpaired) electrons. The summed E-state index contributed by atoms with van der Waals surface area (Å²) in [7, 11) is 1.67. The predicted octanol–water partition coefficient (Wildman–Crippen LogP) is 2.88. The van der Waals surface area contributed by atoms with Gasteiger partial charge in [-0.05, 0) is 42.4 Å². The maximum Gasteiger partial charge on any atom is 0.124 e. The van der Waals surface area contributed by atoms with Gasteiger partial charge in [0.1, 0.15) is 12.0 Å². The largest absolute Gasteiger partial charge is 0.496 e. The zero-order chi connectivity index (χ0) is 11.5. The SMILES string of the molecule is COc1cc2c(cc1CC=O)CCCC2C. The van der Waals surface area contributed by atoms with E-state index in [4.69, 9.17) is 4.74 Å². The maximum atomic E-state index is 10.6. The molecule has 0 bridgehead atoms. The molecule has 0 aromatic heterocycles. The molecule has 1 aromatic rings. The monoisotopic (exact) mass is 218 g/mol. The molecule has 86 valence electrons. The van der Waals surface area contributed by atoms with Gasteiger partial charge in [0.25, 0.3) is 0 Å². The third-order valence-electron chi connectivity index (χ3n) is 3.46. The summed E-state index contributed by atoms with van der Waals surface area (Å²) < 4.78 is 5.35. The first-order valence-corrected chi connectivity index (χ1v) is 5.89. The van der Waals surface area contributed by atoms with Crippen molar-refractivity contribution in [3.8, 4) is 5.75 Å². The highest BCUT2D eigenvalue weighted by molar-refractivity contribution is 5.59. The van der Waals surface area contributed by atoms with Crippen LogP contribution in [0.1, 0.15) is 42.4 Å². The van der Waals surface area contributed by atoms with Gasteiger partial charge in [-0.15, -0.1) is 0 Å². The number of fused-ring (bicyclic) bond motifs is 1. The minimum atomic E-state index is 0.449. The van der Waals surface area contributed by atoms with Crippen molar-refractivity contribution >= 4 is 6.29 Å². The second kappa shape index (κ2) is 4.69. The van der Waals surface area contributed by atoms with Crippen LogP contribution in [0.25, 0.3) is 0 Å². The number of hydrogen-bond acceptors (Lipinski definition) is 2. The standard InChI is InChI=1S/C14H18O2/c1-10-4-3-5-11-8-12(6-7-15)14(16-2)9-13(10)11/h7-10H,3-6H2,1-2H3. The number of carbonyl (C=O) groups excluding carboxylic acids is 1. The molecule has 16 heavy (non-hydrogen) atoms. The van der Waals surface area contributed by atoms with Crippen LogP contribution in [-0.4, -0.2) is 13.4 Å². The highest BCUT2D eigenvalue weighted by Gasteiger charge is 2.18. The lowest BCUT2D eigenvalue weighted by Crippen LogP contribution is -2.09. The summed E-state index contributed by atoms with van der Waals surface area (Å²) in [4.78, 5) is 10.6. The van der Waals surface area contributed by atoms with Crippen LogP contribution >= 0.6 is 0 Å². The molecule has 1 unspecified atom stereocenters. The molecule has 0 aliphatic heterocycles. The van der Waals surface area contributed by atoms with E-state index < -0.39 is 0 Å². The van der Waals surface area contributed by atoms with E-state index in [1.165, 1.54) is 24.0 Å². The van der Waals surface area contributed by atoms with Crippen LogP contribution in [0, 0.1) is 0 Å². The number of ether oxygens (including phenoxy) is 1. The minimum absolute atomic E-state index is 0.449. The quantitative estimate of drug-likeness (QED) is 0.729. The molecule has 2 rings (SSSR count). The predicted molar refractivity (Wildman–Crippen MR) is 64.1 cm³/mol. The molecule has 2 heteroatoms. The number of aldehydes is 1. The molecule has 0 saturated heterocycles. The van der Waals surface area contributed by atoms with Crippen molar-refractivity contribution in [2.75, 3.05) is 7.11 Å². The smallest absolute Gasteiger partial charge is 0.124 e. The number of methoxy groups -OCH3 is 1. The number of aryl methyl sites for hydroxylation is 1. The van der Waals surface area contributed by atoms with E-state index >= 15 is 0 Å². The van der Waals surface area contributed by atoms with Gasteiger partial charge >= 0.3 is 0 Å². The van der Waals surface area contributed by atoms with Crippen molar-refractivity contribution in [3.05, 3.63) is 28.8 Å². The van der Waals surface area contributed by atoms with Gasteiger partial charge in [0.2, 0.25) is 0 Å². The molecular weight excluding hydrogens is 200 g/mol. The van der Waals surface area contributed by atoms with E-state index in [2.05, 4.69) is 19.1 Å². The molecule has 0 N–H and O–H groups in total. The molecular formula is C14H18O2. The van der Waals surface area contributed by atoms with Crippen LogP contribution in [-0.2, 0) is 17.6 Å². The first-order valence-electron chi connectivity index (χ1n) is 5.89. The van der Waals surface area contributed by atoms with Crippen molar-refractivity contribution in [1.82, 2.24) is 0 Å². The third kappa shape index (κ3) is 1.97. The minimum Gasteiger partial charge on any atom is -0.496 e. The van der Waals surface area contributed by atoms with Crippen molar-refractivity contribution < 1.29 is 9.53 Å². The molecule has 0 heterocycles. The Morgan fingerprint density at radius 3 is 3.00 bits per heavy atom. The lowest BCUT2D eigenvalue weighted by molar-refractivity contribution is -0.107. The summed E-state index contributed by atoms with van der Waals surface area (Å²) in [6, 6.07) is 4.27. The fraction of sp³-hybridized carbons (Fsp3) is 0.500. The van der Waals surface area contributed by atoms with Gasteiger partial charge in [-0.1, -0.05) is 13.0 Å². The van der Waals surface area contributed by atoms with Crippen LogP contribution in [0.4, 0.5) is 0 Å². The lowest BCUT2D eigenvalue weighted by atomic mass is 9.82. The second-order valence-electron chi connectivity index (χ2n) is 4.53. The van der Waals surface area contributed by atoms with Crippen molar-refractivity contribution in [1.29, 1.82) is 0 Å². The van der Waals surface area contributed by atoms with E-state index in [-0.39, 0.29) is 0 Å². The average Bonchev–Trinajstić information content (AvgIpc) is 2.29. The zero-order valence-electron chi connectivity index (χ0n) is 9.95. The molecule has 1 aromatic carbocycles. The number of carbonyl (C=O) groups is 1. The summed E-state index contributed by atoms with van der Waals surface area (Å²) in [5.74, 6) is 1.47. The molecule has 1 aliphatic rings. The van der Waals surface area contributed by atoms with Crippen molar-refractivity contribution in [3.63, 3.8) is 0 Å². The summed E-state index contributed by atoms with van der Waals surface area (Å²) in [6.45, 7) is 2.26. The van der Waals surface area contributed by atoms with Gasteiger partial charge in [-0.3, -0.25) is 0 Å². The maximum absolute atomic E-state index is 10.6. The summed E-state index contributed by atoms with van der Waals surface area (Å²) >= 11 is 0. The Morgan fingerprint density at radius 1 is 1.50 bits per heavy atom. The van der Waals surface area contributed by atoms with Crippen LogP contribution in [0.3, 0.4) is 0 Å². The lowest BCUT2D eigenvalue weighted by Gasteiger charge is -2.24. The Balaban J connectivity index is 2.46. The molecule has 0 fully saturated rings. The first-order chi connectivity index (χ1) is 7.76. The molecule has 0 spiro atoms. The van der Waals surface area contributed by atoms with Crippen LogP contribution in [0.2, 0.25) is 0 Å². The second-order valence-corrected chi connectivity index (χ2v) is 4.53. The Kier molecular flexibility index (Phi) is 3.28. The van der Waals surface area contributed by atoms with Gasteiger partial charge in [0, 0.05) is 12.0 Å². The van der Waals surface area contributed by atoms with Gasteiger partial charge in [0.15, 0.2) is 0 Å². The van der Waals surface area contributed by atoms with Crippen LogP contribution < -0.4 is 4.74 Å². The van der Waals surface area contributed by atoms with Crippen LogP contribution in [0.15, 0.2) is 12.1 Å². The van der Waals surface area contributed by atoms with Gasteiger partial charge in [-0.25, -0.2) is 0 Å². The highest BCUT2D eigenvalue weighted by atomic mass is 16.5. The number of rotatable bonds is 3. The zero-order valence-corrected chi connectivity index (χ0v) is 9.95. The number of benzene rings is 1. The van der Waals surface area contributed by atoms with Gasteiger partial charge in [0.05, 0.1) is 7.11 Å². The summed E-state index contributed by atoms with van der Waals surface area (Å²) in [5, 5.41) is 0. The molecule has 1 aliphatic carbocycles. The summed E-state index contributed by atoms with van der Waals surface area (Å²) in [6.07, 6.45) is 5.03. The Hall–Kier alpha value is -1.31. The fourth-order valence-corrected chi connectivity index (χ4v) is 2.56.